The van der Waals surface area contributed by atoms with Crippen LogP contribution in [0.1, 0.15) is 13.8 Å². The van der Waals surface area contributed by atoms with Crippen LogP contribution in [0.3, 0.4) is 0 Å². The van der Waals surface area contributed by atoms with Gasteiger partial charge in [0.15, 0.2) is 0 Å². The Balaban J connectivity index is 2.17. The number of hydrogen-bond acceptors (Lipinski definition) is 5. The number of hydrazine groups is 2. The zero-order chi connectivity index (χ0) is 8.55. The Bertz CT molecular complexity index is 265. The summed E-state index contributed by atoms with van der Waals surface area (Å²) in [4.78, 5) is 0. The average molecular weight is 165 g/mol. The van der Waals surface area contributed by atoms with E-state index in [4.69, 9.17) is 0 Å². The van der Waals surface area contributed by atoms with Gasteiger partial charge in [-0.3, -0.25) is 5.01 Å². The Labute approximate surface area is 71.0 Å². The van der Waals surface area contributed by atoms with E-state index in [1.165, 1.54) is 0 Å². The summed E-state index contributed by atoms with van der Waals surface area (Å²) in [7, 11) is 0. The molecule has 2 rings (SSSR count). The second kappa shape index (κ2) is 2.60. The molecule has 0 aromatic rings. The van der Waals surface area contributed by atoms with Crippen LogP contribution >= 0.6 is 0 Å². The number of nitrogens with zero attached hydrogens (tertiary/aromatic N) is 4. The van der Waals surface area contributed by atoms with E-state index >= 15 is 0 Å². The number of hydrogen-bond donors (Lipinski definition) is 1. The molecule has 0 saturated carbocycles. The Kier molecular flexibility index (Phi) is 1.58. The average Bonchev–Trinajstić information content (AvgIpc) is 2.46. The number of rotatable bonds is 1. The SMILES string of the molecule is CC(C)N1C=C2C=CN=NN2N1. The van der Waals surface area contributed by atoms with Crippen molar-refractivity contribution in [3.63, 3.8) is 0 Å². The molecule has 0 fully saturated rings. The van der Waals surface area contributed by atoms with Crippen LogP contribution in [0.4, 0.5) is 0 Å². The summed E-state index contributed by atoms with van der Waals surface area (Å²) in [6.45, 7) is 4.20. The van der Waals surface area contributed by atoms with Gasteiger partial charge in [0.1, 0.15) is 5.70 Å². The van der Waals surface area contributed by atoms with Crippen LogP contribution in [0.5, 0.6) is 0 Å². The fourth-order valence-corrected chi connectivity index (χ4v) is 1.03. The van der Waals surface area contributed by atoms with Crippen molar-refractivity contribution in [2.75, 3.05) is 0 Å². The van der Waals surface area contributed by atoms with E-state index in [0.717, 1.165) is 5.70 Å². The van der Waals surface area contributed by atoms with Crippen LogP contribution in [0.15, 0.2) is 34.5 Å². The second-order valence-electron chi connectivity index (χ2n) is 2.99. The molecule has 0 saturated heterocycles. The van der Waals surface area contributed by atoms with E-state index < -0.39 is 0 Å². The summed E-state index contributed by atoms with van der Waals surface area (Å²) in [6, 6.07) is 0.409. The first-order chi connectivity index (χ1) is 5.77. The van der Waals surface area contributed by atoms with Crippen molar-refractivity contribution in [3.8, 4) is 0 Å². The van der Waals surface area contributed by atoms with Crippen molar-refractivity contribution in [2.24, 2.45) is 10.3 Å². The summed E-state index contributed by atoms with van der Waals surface area (Å²) in [6.07, 6.45) is 5.58. The van der Waals surface area contributed by atoms with Crippen molar-refractivity contribution in [2.45, 2.75) is 19.9 Å². The zero-order valence-electron chi connectivity index (χ0n) is 7.10. The minimum absolute atomic E-state index is 0.409. The maximum atomic E-state index is 3.87. The molecule has 0 aliphatic carbocycles. The summed E-state index contributed by atoms with van der Waals surface area (Å²) in [5, 5.41) is 11.2. The van der Waals surface area contributed by atoms with Crippen LogP contribution in [-0.4, -0.2) is 16.2 Å². The molecule has 5 heteroatoms. The molecule has 0 radical (unpaired) electrons. The summed E-state index contributed by atoms with van der Waals surface area (Å²) in [5.74, 6) is 0. The smallest absolute Gasteiger partial charge is 0.100 e. The lowest BCUT2D eigenvalue weighted by Gasteiger charge is -2.22. The molecule has 64 valence electrons. The van der Waals surface area contributed by atoms with Gasteiger partial charge in [0.05, 0.1) is 6.20 Å². The van der Waals surface area contributed by atoms with Crippen LogP contribution in [-0.2, 0) is 0 Å². The van der Waals surface area contributed by atoms with Crippen LogP contribution in [0, 0.1) is 0 Å². The molecule has 0 atom stereocenters. The fourth-order valence-electron chi connectivity index (χ4n) is 1.03. The van der Waals surface area contributed by atoms with E-state index in [-0.39, 0.29) is 0 Å². The van der Waals surface area contributed by atoms with Crippen molar-refractivity contribution >= 4 is 0 Å². The van der Waals surface area contributed by atoms with Crippen molar-refractivity contribution in [1.82, 2.24) is 15.7 Å². The maximum absolute atomic E-state index is 3.87. The van der Waals surface area contributed by atoms with E-state index in [0.29, 0.717) is 6.04 Å². The highest BCUT2D eigenvalue weighted by atomic mass is 15.9. The normalized spacial score (nSPS) is 20.4. The van der Waals surface area contributed by atoms with Gasteiger partial charge in [-0.1, -0.05) is 0 Å². The topological polar surface area (TPSA) is 43.2 Å². The minimum Gasteiger partial charge on any atom is -0.292 e. The number of fused-ring (bicyclic) bond motifs is 1. The third-order valence-electron chi connectivity index (χ3n) is 1.74. The quantitative estimate of drug-likeness (QED) is 0.634. The second-order valence-corrected chi connectivity index (χ2v) is 2.99. The van der Waals surface area contributed by atoms with Crippen LogP contribution in [0.25, 0.3) is 0 Å². The van der Waals surface area contributed by atoms with Gasteiger partial charge in [-0.2, -0.15) is 5.12 Å². The molecular weight excluding hydrogens is 154 g/mol. The molecule has 0 amide bonds. The summed E-state index contributed by atoms with van der Waals surface area (Å²) < 4.78 is 0. The first-order valence-electron chi connectivity index (χ1n) is 3.91. The van der Waals surface area contributed by atoms with E-state index in [2.05, 4.69) is 29.7 Å². The Hall–Kier alpha value is -1.36. The number of allylic oxidation sites excluding steroid dienone is 1. The predicted octanol–water partition coefficient (Wildman–Crippen LogP) is 1.17. The predicted molar refractivity (Wildman–Crippen MR) is 44.0 cm³/mol. The Morgan fingerprint density at radius 1 is 1.50 bits per heavy atom. The van der Waals surface area contributed by atoms with Crippen LogP contribution < -0.4 is 5.53 Å². The van der Waals surface area contributed by atoms with Gasteiger partial charge in [0.25, 0.3) is 0 Å². The lowest BCUT2D eigenvalue weighted by molar-refractivity contribution is 0.101. The third kappa shape index (κ3) is 1.08. The largest absolute Gasteiger partial charge is 0.292 e. The van der Waals surface area contributed by atoms with Gasteiger partial charge in [-0.25, -0.2) is 0 Å². The molecule has 0 spiro atoms. The fraction of sp³-hybridized carbons (Fsp3) is 0.429. The van der Waals surface area contributed by atoms with Gasteiger partial charge in [-0.15, -0.1) is 10.6 Å². The molecule has 12 heavy (non-hydrogen) atoms. The van der Waals surface area contributed by atoms with E-state index in [9.17, 15) is 0 Å². The first-order valence-corrected chi connectivity index (χ1v) is 3.91. The van der Waals surface area contributed by atoms with Gasteiger partial charge < -0.3 is 0 Å². The van der Waals surface area contributed by atoms with Gasteiger partial charge in [0, 0.05) is 12.2 Å². The molecule has 2 heterocycles. The van der Waals surface area contributed by atoms with Gasteiger partial charge >= 0.3 is 0 Å². The van der Waals surface area contributed by atoms with Gasteiger partial charge in [-0.05, 0) is 25.1 Å². The minimum atomic E-state index is 0.409. The van der Waals surface area contributed by atoms with Crippen LogP contribution in [0.2, 0.25) is 0 Å². The molecular formula is C7H11N5. The van der Waals surface area contributed by atoms with E-state index in [1.54, 1.807) is 11.3 Å². The Morgan fingerprint density at radius 2 is 2.33 bits per heavy atom. The van der Waals surface area contributed by atoms with Crippen molar-refractivity contribution in [3.05, 3.63) is 24.2 Å². The standard InChI is InChI=1S/C7H11N5/c1-6(2)11-5-7-3-4-8-9-12(7)10-11/h3-6,10H,1-2H3. The highest BCUT2D eigenvalue weighted by Gasteiger charge is 2.21. The zero-order valence-corrected chi connectivity index (χ0v) is 7.10. The lowest BCUT2D eigenvalue weighted by atomic mass is 10.4. The molecule has 0 bridgehead atoms. The monoisotopic (exact) mass is 165 g/mol. The van der Waals surface area contributed by atoms with Gasteiger partial charge in [0.2, 0.25) is 0 Å². The summed E-state index contributed by atoms with van der Waals surface area (Å²) in [5.41, 5.74) is 4.07. The molecule has 5 nitrogen and oxygen atoms in total. The molecule has 1 N–H and O–H groups in total. The lowest BCUT2D eigenvalue weighted by Crippen LogP contribution is -2.41. The highest BCUT2D eigenvalue weighted by molar-refractivity contribution is 5.19. The van der Waals surface area contributed by atoms with Crippen molar-refractivity contribution < 1.29 is 0 Å². The Morgan fingerprint density at radius 3 is 3.00 bits per heavy atom. The summed E-state index contributed by atoms with van der Waals surface area (Å²) >= 11 is 0. The highest BCUT2D eigenvalue weighted by Crippen LogP contribution is 2.17. The third-order valence-corrected chi connectivity index (χ3v) is 1.74. The molecule has 2 aliphatic heterocycles. The van der Waals surface area contributed by atoms with E-state index in [1.807, 2.05) is 17.3 Å². The molecule has 0 aromatic heterocycles. The van der Waals surface area contributed by atoms with Crippen molar-refractivity contribution in [1.29, 1.82) is 0 Å². The number of nitrogens with one attached hydrogen (secondary N) is 1. The maximum Gasteiger partial charge on any atom is 0.100 e. The molecule has 0 unspecified atom stereocenters. The molecule has 0 aromatic carbocycles. The first kappa shape index (κ1) is 7.30. The molecule has 2 aliphatic rings.